The Hall–Kier alpha value is -0.430. The molecule has 5 nitrogen and oxygen atoms in total. The van der Waals surface area contributed by atoms with E-state index in [1.165, 1.54) is 14.2 Å². The van der Waals surface area contributed by atoms with Gasteiger partial charge in [0, 0.05) is 21.3 Å². The van der Waals surface area contributed by atoms with Gasteiger partial charge in [0.15, 0.2) is 11.9 Å². The van der Waals surface area contributed by atoms with Crippen molar-refractivity contribution in [1.29, 1.82) is 0 Å². The molecule has 0 spiro atoms. The summed E-state index contributed by atoms with van der Waals surface area (Å²) >= 11 is 3.33. The zero-order chi connectivity index (χ0) is 11.6. The van der Waals surface area contributed by atoms with E-state index in [-0.39, 0.29) is 0 Å². The van der Waals surface area contributed by atoms with Gasteiger partial charge in [-0.05, 0) is 22.9 Å². The molecule has 0 amide bonds. The van der Waals surface area contributed by atoms with Crippen molar-refractivity contribution in [3.05, 3.63) is 16.4 Å². The normalized spacial score (nSPS) is 15.7. The van der Waals surface area contributed by atoms with Crippen molar-refractivity contribution in [2.24, 2.45) is 7.05 Å². The molecule has 0 aliphatic carbocycles. The van der Waals surface area contributed by atoms with E-state index in [0.717, 1.165) is 0 Å². The Balaban J connectivity index is 3.14. The monoisotopic (exact) mass is 278 g/mol. The van der Waals surface area contributed by atoms with Gasteiger partial charge < -0.3 is 14.6 Å². The zero-order valence-corrected chi connectivity index (χ0v) is 10.8. The fourth-order valence-corrected chi connectivity index (χ4v) is 2.40. The summed E-state index contributed by atoms with van der Waals surface area (Å²) in [6.07, 6.45) is 0.871. The lowest BCUT2D eigenvalue weighted by atomic mass is 10.0. The summed E-state index contributed by atoms with van der Waals surface area (Å²) in [5.41, 5.74) is -0.663. The summed E-state index contributed by atoms with van der Waals surface area (Å²) in [5.74, 6) is 0. The highest BCUT2D eigenvalue weighted by Gasteiger charge is 2.38. The molecule has 6 heteroatoms. The first-order chi connectivity index (χ1) is 6.95. The molecule has 86 valence electrons. The van der Waals surface area contributed by atoms with E-state index in [4.69, 9.17) is 9.47 Å². The van der Waals surface area contributed by atoms with Gasteiger partial charge in [-0.15, -0.1) is 0 Å². The third-order valence-electron chi connectivity index (χ3n) is 2.26. The molecule has 0 bridgehead atoms. The Morgan fingerprint density at radius 2 is 2.07 bits per heavy atom. The van der Waals surface area contributed by atoms with Crippen molar-refractivity contribution in [3.63, 3.8) is 0 Å². The number of methoxy groups -OCH3 is 2. The largest absolute Gasteiger partial charge is 0.378 e. The number of aryl methyl sites for hydroxylation is 1. The first-order valence-electron chi connectivity index (χ1n) is 4.41. The van der Waals surface area contributed by atoms with Crippen LogP contribution in [0.1, 0.15) is 12.6 Å². The van der Waals surface area contributed by atoms with E-state index in [2.05, 4.69) is 21.0 Å². The molecule has 0 saturated carbocycles. The number of hydrogen-bond acceptors (Lipinski definition) is 4. The maximum absolute atomic E-state index is 10.4. The van der Waals surface area contributed by atoms with Crippen molar-refractivity contribution in [1.82, 2.24) is 9.78 Å². The highest BCUT2D eigenvalue weighted by Crippen LogP contribution is 2.31. The maximum Gasteiger partial charge on any atom is 0.191 e. The Morgan fingerprint density at radius 3 is 2.40 bits per heavy atom. The minimum Gasteiger partial charge on any atom is -0.378 e. The zero-order valence-electron chi connectivity index (χ0n) is 9.19. The van der Waals surface area contributed by atoms with Crippen LogP contribution in [0.4, 0.5) is 0 Å². The number of rotatable bonds is 4. The third-order valence-corrected chi connectivity index (χ3v) is 2.84. The standard InChI is InChI=1S/C9H15BrN2O3/c1-9(13,8(14-3)15-4)7-6(10)5-11-12(7)2/h5,8,13H,1-4H3. The summed E-state index contributed by atoms with van der Waals surface area (Å²) in [4.78, 5) is 0. The topological polar surface area (TPSA) is 56.5 Å². The first-order valence-corrected chi connectivity index (χ1v) is 5.20. The average Bonchev–Trinajstić information content (AvgIpc) is 2.48. The number of halogens is 1. The molecule has 1 aromatic heterocycles. The van der Waals surface area contributed by atoms with Gasteiger partial charge in [0.1, 0.15) is 0 Å². The van der Waals surface area contributed by atoms with Gasteiger partial charge >= 0.3 is 0 Å². The lowest BCUT2D eigenvalue weighted by Gasteiger charge is -2.30. The maximum atomic E-state index is 10.4. The molecule has 1 unspecified atom stereocenters. The van der Waals surface area contributed by atoms with E-state index in [0.29, 0.717) is 10.2 Å². The van der Waals surface area contributed by atoms with Crippen LogP contribution in [0.15, 0.2) is 10.7 Å². The summed E-state index contributed by atoms with van der Waals surface area (Å²) in [7, 11) is 4.71. The summed E-state index contributed by atoms with van der Waals surface area (Å²) in [5, 5.41) is 14.4. The fraction of sp³-hybridized carbons (Fsp3) is 0.667. The van der Waals surface area contributed by atoms with Crippen LogP contribution in [0.2, 0.25) is 0 Å². The minimum atomic E-state index is -1.27. The van der Waals surface area contributed by atoms with Gasteiger partial charge in [0.25, 0.3) is 0 Å². The lowest BCUT2D eigenvalue weighted by Crippen LogP contribution is -2.41. The molecule has 15 heavy (non-hydrogen) atoms. The first kappa shape index (κ1) is 12.6. The van der Waals surface area contributed by atoms with Crippen LogP contribution >= 0.6 is 15.9 Å². The van der Waals surface area contributed by atoms with Crippen LogP contribution < -0.4 is 0 Å². The molecule has 0 radical (unpaired) electrons. The van der Waals surface area contributed by atoms with E-state index in [1.807, 2.05) is 0 Å². The fourth-order valence-electron chi connectivity index (χ4n) is 1.65. The Labute approximate surface area is 97.1 Å². The van der Waals surface area contributed by atoms with Crippen molar-refractivity contribution < 1.29 is 14.6 Å². The van der Waals surface area contributed by atoms with Gasteiger partial charge in [-0.1, -0.05) is 0 Å². The smallest absolute Gasteiger partial charge is 0.191 e. The van der Waals surface area contributed by atoms with Gasteiger partial charge in [0.05, 0.1) is 16.4 Å². The highest BCUT2D eigenvalue weighted by molar-refractivity contribution is 9.10. The van der Waals surface area contributed by atoms with Crippen LogP contribution in [0.25, 0.3) is 0 Å². The Morgan fingerprint density at radius 1 is 1.53 bits per heavy atom. The third kappa shape index (κ3) is 2.23. The van der Waals surface area contributed by atoms with Gasteiger partial charge in [0.2, 0.25) is 0 Å². The van der Waals surface area contributed by atoms with Crippen molar-refractivity contribution in [2.45, 2.75) is 18.8 Å². The van der Waals surface area contributed by atoms with Crippen molar-refractivity contribution >= 4 is 15.9 Å². The van der Waals surface area contributed by atoms with E-state index in [1.54, 1.807) is 24.9 Å². The van der Waals surface area contributed by atoms with Crippen molar-refractivity contribution in [2.75, 3.05) is 14.2 Å². The molecule has 0 fully saturated rings. The molecular formula is C9H15BrN2O3. The van der Waals surface area contributed by atoms with Gasteiger partial charge in [-0.25, -0.2) is 0 Å². The van der Waals surface area contributed by atoms with Crippen LogP contribution in [0.3, 0.4) is 0 Å². The number of aromatic nitrogens is 2. The molecule has 1 heterocycles. The Bertz CT molecular complexity index is 315. The number of ether oxygens (including phenoxy) is 2. The average molecular weight is 279 g/mol. The molecule has 0 aromatic carbocycles. The number of hydrogen-bond donors (Lipinski definition) is 1. The number of nitrogens with zero attached hydrogens (tertiary/aromatic N) is 2. The van der Waals surface area contributed by atoms with Crippen LogP contribution in [0, 0.1) is 0 Å². The molecule has 1 aromatic rings. The molecular weight excluding hydrogens is 264 g/mol. The SMILES string of the molecule is COC(OC)C(C)(O)c1c(Br)cnn1C. The van der Waals surface area contributed by atoms with Crippen LogP contribution in [0.5, 0.6) is 0 Å². The van der Waals surface area contributed by atoms with Crippen LogP contribution in [-0.2, 0) is 22.1 Å². The molecule has 1 rings (SSSR count). The summed E-state index contributed by atoms with van der Waals surface area (Å²) in [6, 6.07) is 0. The molecule has 0 aliphatic heterocycles. The number of aliphatic hydroxyl groups is 1. The van der Waals surface area contributed by atoms with E-state index in [9.17, 15) is 5.11 Å². The highest BCUT2D eigenvalue weighted by atomic mass is 79.9. The van der Waals surface area contributed by atoms with Crippen LogP contribution in [-0.4, -0.2) is 35.4 Å². The summed E-state index contributed by atoms with van der Waals surface area (Å²) < 4.78 is 12.4. The molecule has 1 atom stereocenters. The molecule has 1 N–H and O–H groups in total. The van der Waals surface area contributed by atoms with E-state index >= 15 is 0 Å². The summed E-state index contributed by atoms with van der Waals surface area (Å²) in [6.45, 7) is 1.62. The van der Waals surface area contributed by atoms with Gasteiger partial charge in [-0.2, -0.15) is 5.10 Å². The van der Waals surface area contributed by atoms with Gasteiger partial charge in [-0.3, -0.25) is 4.68 Å². The molecule has 0 saturated heterocycles. The van der Waals surface area contributed by atoms with Crippen molar-refractivity contribution in [3.8, 4) is 0 Å². The van der Waals surface area contributed by atoms with E-state index < -0.39 is 11.9 Å². The second-order valence-electron chi connectivity index (χ2n) is 3.42. The second kappa shape index (κ2) is 4.61. The molecule has 0 aliphatic rings. The predicted octanol–water partition coefficient (Wildman–Crippen LogP) is 1.01. The lowest BCUT2D eigenvalue weighted by molar-refractivity contribution is -0.215. The second-order valence-corrected chi connectivity index (χ2v) is 4.27. The predicted molar refractivity (Wildman–Crippen MR) is 58.3 cm³/mol. The minimum absolute atomic E-state index is 0.608. The quantitative estimate of drug-likeness (QED) is 0.836. The Kier molecular flexibility index (Phi) is 3.88.